The largest absolute Gasteiger partial charge is 0.337 e. The summed E-state index contributed by atoms with van der Waals surface area (Å²) in [5.74, 6) is -0.0824. The molecule has 1 atom stereocenters. The van der Waals surface area contributed by atoms with Gasteiger partial charge in [-0.05, 0) is 18.6 Å². The zero-order chi connectivity index (χ0) is 10.8. The van der Waals surface area contributed by atoms with E-state index in [2.05, 4.69) is 4.98 Å². The molecule has 80 valence electrons. The molecule has 2 rings (SSSR count). The molecule has 0 radical (unpaired) electrons. The van der Waals surface area contributed by atoms with Crippen molar-refractivity contribution in [3.8, 4) is 0 Å². The summed E-state index contributed by atoms with van der Waals surface area (Å²) in [6.07, 6.45) is 2.42. The van der Waals surface area contributed by atoms with Gasteiger partial charge in [0.15, 0.2) is 0 Å². The van der Waals surface area contributed by atoms with E-state index < -0.39 is 0 Å². The topological polar surface area (TPSA) is 59.2 Å². The van der Waals surface area contributed by atoms with Gasteiger partial charge in [-0.15, -0.1) is 0 Å². The van der Waals surface area contributed by atoms with Crippen LogP contribution in [-0.4, -0.2) is 34.9 Å². The number of amides is 1. The van der Waals surface area contributed by atoms with E-state index in [1.165, 1.54) is 0 Å². The number of pyridine rings is 1. The molecule has 0 aromatic carbocycles. The lowest BCUT2D eigenvalue weighted by molar-refractivity contribution is 0.0790. The van der Waals surface area contributed by atoms with Crippen molar-refractivity contribution in [3.05, 3.63) is 29.0 Å². The molecule has 1 aliphatic heterocycles. The highest BCUT2D eigenvalue weighted by Crippen LogP contribution is 2.17. The SMILES string of the molecule is N[C@@H]1CCN(C(=O)c2cccnc2Cl)C1. The summed E-state index contributed by atoms with van der Waals surface area (Å²) < 4.78 is 0. The third kappa shape index (κ3) is 2.11. The average molecular weight is 226 g/mol. The van der Waals surface area contributed by atoms with Crippen molar-refractivity contribution < 1.29 is 4.79 Å². The first-order chi connectivity index (χ1) is 7.18. The predicted molar refractivity (Wildman–Crippen MR) is 57.7 cm³/mol. The van der Waals surface area contributed by atoms with Gasteiger partial charge in [-0.25, -0.2) is 4.98 Å². The Kier molecular flexibility index (Phi) is 2.88. The van der Waals surface area contributed by atoms with Gasteiger partial charge in [0, 0.05) is 25.3 Å². The Morgan fingerprint density at radius 1 is 1.67 bits per heavy atom. The lowest BCUT2D eigenvalue weighted by Gasteiger charge is -2.15. The molecule has 15 heavy (non-hydrogen) atoms. The standard InChI is InChI=1S/C10H12ClN3O/c11-9-8(2-1-4-13-9)10(15)14-5-3-7(12)6-14/h1-2,4,7H,3,5-6,12H2/t7-/m1/s1. The number of carbonyl (C=O) groups excluding carboxylic acids is 1. The van der Waals surface area contributed by atoms with Gasteiger partial charge in [0.2, 0.25) is 0 Å². The van der Waals surface area contributed by atoms with Crippen molar-refractivity contribution in [2.24, 2.45) is 5.73 Å². The van der Waals surface area contributed by atoms with Crippen molar-refractivity contribution in [1.29, 1.82) is 0 Å². The Balaban J connectivity index is 2.18. The van der Waals surface area contributed by atoms with Crippen molar-refractivity contribution in [2.45, 2.75) is 12.5 Å². The van der Waals surface area contributed by atoms with Crippen LogP contribution in [0.1, 0.15) is 16.8 Å². The molecular weight excluding hydrogens is 214 g/mol. The van der Waals surface area contributed by atoms with Gasteiger partial charge in [-0.1, -0.05) is 11.6 Å². The Morgan fingerprint density at radius 2 is 2.47 bits per heavy atom. The Bertz CT molecular complexity index is 383. The van der Waals surface area contributed by atoms with E-state index in [1.54, 1.807) is 23.2 Å². The summed E-state index contributed by atoms with van der Waals surface area (Å²) in [5.41, 5.74) is 6.19. The molecule has 1 aromatic rings. The van der Waals surface area contributed by atoms with Crippen LogP contribution in [0.4, 0.5) is 0 Å². The minimum absolute atomic E-state index is 0.0824. The molecule has 2 heterocycles. The zero-order valence-electron chi connectivity index (χ0n) is 8.19. The highest BCUT2D eigenvalue weighted by Gasteiger charge is 2.25. The van der Waals surface area contributed by atoms with Crippen LogP contribution < -0.4 is 5.73 Å². The van der Waals surface area contributed by atoms with Crippen LogP contribution >= 0.6 is 11.6 Å². The summed E-state index contributed by atoms with van der Waals surface area (Å²) in [5, 5.41) is 0.253. The lowest BCUT2D eigenvalue weighted by atomic mass is 10.2. The summed E-state index contributed by atoms with van der Waals surface area (Å²) in [6, 6.07) is 3.47. The molecular formula is C10H12ClN3O. The quantitative estimate of drug-likeness (QED) is 0.723. The second-order valence-electron chi connectivity index (χ2n) is 3.64. The van der Waals surface area contributed by atoms with Crippen molar-refractivity contribution in [2.75, 3.05) is 13.1 Å². The first kappa shape index (κ1) is 10.4. The normalized spacial score (nSPS) is 20.7. The summed E-state index contributed by atoms with van der Waals surface area (Å²) in [4.78, 5) is 17.6. The zero-order valence-corrected chi connectivity index (χ0v) is 8.94. The number of rotatable bonds is 1. The number of hydrogen-bond donors (Lipinski definition) is 1. The summed E-state index contributed by atoms with van der Waals surface area (Å²) >= 11 is 5.84. The van der Waals surface area contributed by atoms with Gasteiger partial charge >= 0.3 is 0 Å². The highest BCUT2D eigenvalue weighted by molar-refractivity contribution is 6.32. The van der Waals surface area contributed by atoms with E-state index in [1.807, 2.05) is 0 Å². The number of carbonyl (C=O) groups is 1. The molecule has 0 bridgehead atoms. The smallest absolute Gasteiger partial charge is 0.257 e. The maximum atomic E-state index is 12.0. The first-order valence-electron chi connectivity index (χ1n) is 4.84. The molecule has 1 saturated heterocycles. The third-order valence-corrected chi connectivity index (χ3v) is 2.80. The van der Waals surface area contributed by atoms with E-state index in [9.17, 15) is 4.79 Å². The minimum Gasteiger partial charge on any atom is -0.337 e. The second kappa shape index (κ2) is 4.16. The highest BCUT2D eigenvalue weighted by atomic mass is 35.5. The molecule has 1 aliphatic rings. The van der Waals surface area contributed by atoms with Gasteiger partial charge in [0.25, 0.3) is 5.91 Å². The molecule has 1 aromatic heterocycles. The molecule has 4 nitrogen and oxygen atoms in total. The predicted octanol–water partition coefficient (Wildman–Crippen LogP) is 0.908. The summed E-state index contributed by atoms with van der Waals surface area (Å²) in [6.45, 7) is 1.30. The number of halogens is 1. The van der Waals surface area contributed by atoms with Gasteiger partial charge < -0.3 is 10.6 Å². The van der Waals surface area contributed by atoms with Crippen LogP contribution in [0, 0.1) is 0 Å². The van der Waals surface area contributed by atoms with E-state index in [0.29, 0.717) is 18.7 Å². The molecule has 2 N–H and O–H groups in total. The van der Waals surface area contributed by atoms with Crippen LogP contribution in [-0.2, 0) is 0 Å². The van der Waals surface area contributed by atoms with Gasteiger partial charge in [-0.3, -0.25) is 4.79 Å². The fraction of sp³-hybridized carbons (Fsp3) is 0.400. The van der Waals surface area contributed by atoms with E-state index in [0.717, 1.165) is 6.42 Å². The van der Waals surface area contributed by atoms with E-state index in [-0.39, 0.29) is 17.1 Å². The second-order valence-corrected chi connectivity index (χ2v) is 4.00. The van der Waals surface area contributed by atoms with Gasteiger partial charge in [-0.2, -0.15) is 0 Å². The summed E-state index contributed by atoms with van der Waals surface area (Å²) in [7, 11) is 0. The molecule has 0 spiro atoms. The molecule has 1 amide bonds. The van der Waals surface area contributed by atoms with Gasteiger partial charge in [0.05, 0.1) is 5.56 Å². The van der Waals surface area contributed by atoms with Crippen molar-refractivity contribution in [3.63, 3.8) is 0 Å². The average Bonchev–Trinajstić information content (AvgIpc) is 2.65. The van der Waals surface area contributed by atoms with Crippen LogP contribution in [0.5, 0.6) is 0 Å². The molecule has 1 fully saturated rings. The number of nitrogens with zero attached hydrogens (tertiary/aromatic N) is 2. The molecule has 0 aliphatic carbocycles. The number of hydrogen-bond acceptors (Lipinski definition) is 3. The van der Waals surface area contributed by atoms with E-state index >= 15 is 0 Å². The van der Waals surface area contributed by atoms with E-state index in [4.69, 9.17) is 17.3 Å². The fourth-order valence-electron chi connectivity index (χ4n) is 1.69. The molecule has 0 unspecified atom stereocenters. The lowest BCUT2D eigenvalue weighted by Crippen LogP contribution is -2.32. The molecule has 0 saturated carbocycles. The van der Waals surface area contributed by atoms with Crippen LogP contribution in [0.2, 0.25) is 5.15 Å². The number of nitrogens with two attached hydrogens (primary N) is 1. The van der Waals surface area contributed by atoms with Crippen LogP contribution in [0.25, 0.3) is 0 Å². The Labute approximate surface area is 93.0 Å². The Morgan fingerprint density at radius 3 is 3.07 bits per heavy atom. The maximum absolute atomic E-state index is 12.0. The molecule has 5 heteroatoms. The fourth-order valence-corrected chi connectivity index (χ4v) is 1.89. The Hall–Kier alpha value is -1.13. The first-order valence-corrected chi connectivity index (χ1v) is 5.21. The van der Waals surface area contributed by atoms with Crippen molar-refractivity contribution >= 4 is 17.5 Å². The van der Waals surface area contributed by atoms with Crippen LogP contribution in [0.15, 0.2) is 18.3 Å². The van der Waals surface area contributed by atoms with Gasteiger partial charge in [0.1, 0.15) is 5.15 Å². The maximum Gasteiger partial charge on any atom is 0.257 e. The number of aromatic nitrogens is 1. The van der Waals surface area contributed by atoms with Crippen molar-refractivity contribution in [1.82, 2.24) is 9.88 Å². The minimum atomic E-state index is -0.0824. The van der Waals surface area contributed by atoms with Crippen LogP contribution in [0.3, 0.4) is 0 Å². The third-order valence-electron chi connectivity index (χ3n) is 2.50. The number of likely N-dealkylation sites (tertiary alicyclic amines) is 1. The monoisotopic (exact) mass is 225 g/mol.